The molecule has 0 fully saturated rings. The Bertz CT molecular complexity index is 1060. The molecule has 0 aliphatic rings. The Morgan fingerprint density at radius 2 is 1.81 bits per heavy atom. The topological polar surface area (TPSA) is 96.0 Å². The van der Waals surface area contributed by atoms with E-state index in [1.165, 1.54) is 11.3 Å². The van der Waals surface area contributed by atoms with Crippen LogP contribution in [0.5, 0.6) is 11.5 Å². The first-order valence-electron chi connectivity index (χ1n) is 9.84. The molecule has 3 aromatic rings. The highest BCUT2D eigenvalue weighted by Gasteiger charge is 2.23. The molecule has 0 atom stereocenters. The van der Waals surface area contributed by atoms with Crippen molar-refractivity contribution >= 4 is 40.2 Å². The van der Waals surface area contributed by atoms with Crippen LogP contribution in [0.1, 0.15) is 24.2 Å². The molecule has 0 aliphatic carbocycles. The first-order chi connectivity index (χ1) is 15.0. The fourth-order valence-electron chi connectivity index (χ4n) is 2.85. The predicted molar refractivity (Wildman–Crippen MR) is 122 cm³/mol. The SMILES string of the molecule is CCOP(=O)(CCOc1ccc(C(=O)Nc2nc3c(OC)cccc3s2)cc1)OCC. The third-order valence-corrected chi connectivity index (χ3v) is 7.19. The van der Waals surface area contributed by atoms with Gasteiger partial charge < -0.3 is 18.5 Å². The molecule has 2 aromatic carbocycles. The van der Waals surface area contributed by atoms with Gasteiger partial charge in [-0.15, -0.1) is 0 Å². The largest absolute Gasteiger partial charge is 0.494 e. The summed E-state index contributed by atoms with van der Waals surface area (Å²) in [5, 5.41) is 3.30. The highest BCUT2D eigenvalue weighted by atomic mass is 32.1. The van der Waals surface area contributed by atoms with E-state index < -0.39 is 7.60 Å². The van der Waals surface area contributed by atoms with Crippen molar-refractivity contribution < 1.29 is 27.9 Å². The van der Waals surface area contributed by atoms with E-state index in [1.54, 1.807) is 45.2 Å². The molecule has 0 bridgehead atoms. The van der Waals surface area contributed by atoms with Crippen LogP contribution in [-0.2, 0) is 13.6 Å². The van der Waals surface area contributed by atoms with Crippen molar-refractivity contribution in [3.05, 3.63) is 48.0 Å². The van der Waals surface area contributed by atoms with Gasteiger partial charge >= 0.3 is 7.60 Å². The summed E-state index contributed by atoms with van der Waals surface area (Å²) in [6, 6.07) is 12.3. The summed E-state index contributed by atoms with van der Waals surface area (Å²) in [5.41, 5.74) is 1.18. The van der Waals surface area contributed by atoms with Crippen molar-refractivity contribution in [2.24, 2.45) is 0 Å². The van der Waals surface area contributed by atoms with Crippen LogP contribution in [-0.4, -0.2) is 44.0 Å². The summed E-state index contributed by atoms with van der Waals surface area (Å²) in [5.74, 6) is 0.941. The third kappa shape index (κ3) is 6.04. The van der Waals surface area contributed by atoms with Gasteiger partial charge in [0.1, 0.15) is 17.0 Å². The Kier molecular flexibility index (Phi) is 8.03. The smallest absolute Gasteiger partial charge is 0.334 e. The zero-order chi connectivity index (χ0) is 22.3. The second kappa shape index (κ2) is 10.7. The first-order valence-corrected chi connectivity index (χ1v) is 12.4. The summed E-state index contributed by atoms with van der Waals surface area (Å²) < 4.78 is 34.8. The molecular weight excluding hydrogens is 439 g/mol. The predicted octanol–water partition coefficient (Wildman–Crippen LogP) is 5.20. The van der Waals surface area contributed by atoms with Crippen molar-refractivity contribution in [2.75, 3.05) is 38.4 Å². The highest BCUT2D eigenvalue weighted by Crippen LogP contribution is 2.47. The number of amides is 1. The minimum Gasteiger partial charge on any atom is -0.494 e. The van der Waals surface area contributed by atoms with Gasteiger partial charge in [-0.3, -0.25) is 14.7 Å². The molecule has 8 nitrogen and oxygen atoms in total. The number of benzene rings is 2. The van der Waals surface area contributed by atoms with E-state index in [4.69, 9.17) is 18.5 Å². The van der Waals surface area contributed by atoms with Gasteiger partial charge in [0.15, 0.2) is 5.13 Å². The molecule has 0 aliphatic heterocycles. The number of hydrogen-bond acceptors (Lipinski definition) is 8. The summed E-state index contributed by atoms with van der Waals surface area (Å²) in [4.78, 5) is 17.0. The number of carbonyl (C=O) groups is 1. The number of aromatic nitrogens is 1. The Balaban J connectivity index is 1.58. The molecule has 1 aromatic heterocycles. The number of thiazole rings is 1. The zero-order valence-corrected chi connectivity index (χ0v) is 19.3. The lowest BCUT2D eigenvalue weighted by atomic mass is 10.2. The average Bonchev–Trinajstić information content (AvgIpc) is 3.17. The highest BCUT2D eigenvalue weighted by molar-refractivity contribution is 7.53. The number of carbonyl (C=O) groups excluding carboxylic acids is 1. The van der Waals surface area contributed by atoms with Gasteiger partial charge in [-0.25, -0.2) is 4.98 Å². The van der Waals surface area contributed by atoms with Crippen LogP contribution in [0.4, 0.5) is 5.13 Å². The molecule has 10 heteroatoms. The molecule has 31 heavy (non-hydrogen) atoms. The van der Waals surface area contributed by atoms with Crippen LogP contribution in [0.15, 0.2) is 42.5 Å². The molecule has 1 N–H and O–H groups in total. The third-order valence-electron chi connectivity index (χ3n) is 4.22. The minimum absolute atomic E-state index is 0.151. The maximum Gasteiger partial charge on any atom is 0.334 e. The average molecular weight is 464 g/mol. The van der Waals surface area contributed by atoms with Gasteiger partial charge in [0, 0.05) is 5.56 Å². The van der Waals surface area contributed by atoms with E-state index in [0.29, 0.717) is 40.9 Å². The molecule has 0 radical (unpaired) electrons. The molecule has 1 heterocycles. The number of nitrogens with zero attached hydrogens (tertiary/aromatic N) is 1. The Morgan fingerprint density at radius 1 is 1.10 bits per heavy atom. The lowest BCUT2D eigenvalue weighted by Gasteiger charge is -2.17. The van der Waals surface area contributed by atoms with Gasteiger partial charge in [0.25, 0.3) is 5.91 Å². The van der Waals surface area contributed by atoms with Crippen molar-refractivity contribution in [2.45, 2.75) is 13.8 Å². The van der Waals surface area contributed by atoms with Gasteiger partial charge in [-0.05, 0) is 50.2 Å². The zero-order valence-electron chi connectivity index (χ0n) is 17.6. The van der Waals surface area contributed by atoms with Gasteiger partial charge in [-0.1, -0.05) is 17.4 Å². The first kappa shape index (κ1) is 23.2. The van der Waals surface area contributed by atoms with E-state index >= 15 is 0 Å². The molecule has 3 rings (SSSR count). The maximum atomic E-state index is 12.6. The fraction of sp³-hybridized carbons (Fsp3) is 0.333. The molecule has 166 valence electrons. The van der Waals surface area contributed by atoms with E-state index in [2.05, 4.69) is 10.3 Å². The lowest BCUT2D eigenvalue weighted by molar-refractivity contribution is 0.102. The number of ether oxygens (including phenoxy) is 2. The van der Waals surface area contributed by atoms with Crippen LogP contribution >= 0.6 is 18.9 Å². The fourth-order valence-corrected chi connectivity index (χ4v) is 5.16. The van der Waals surface area contributed by atoms with Crippen molar-refractivity contribution in [3.63, 3.8) is 0 Å². The molecular formula is C21H25N2O6PS. The standard InChI is InChI=1S/C21H25N2O6PS/c1-4-28-30(25,29-5-2)14-13-27-16-11-9-15(10-12-16)20(24)23-21-22-19-17(26-3)7-6-8-18(19)31-21/h6-12H,4-5,13-14H2,1-3H3,(H,22,23,24). The number of rotatable bonds is 11. The summed E-state index contributed by atoms with van der Waals surface area (Å²) in [7, 11) is -1.56. The molecule has 0 unspecified atom stereocenters. The second-order valence-corrected chi connectivity index (χ2v) is 9.54. The number of fused-ring (bicyclic) bond motifs is 1. The molecule has 0 saturated heterocycles. The van der Waals surface area contributed by atoms with Crippen LogP contribution in [0.2, 0.25) is 0 Å². The van der Waals surface area contributed by atoms with Crippen molar-refractivity contribution in [1.29, 1.82) is 0 Å². The number of nitrogens with one attached hydrogen (secondary N) is 1. The summed E-state index contributed by atoms with van der Waals surface area (Å²) in [6.45, 7) is 4.32. The van der Waals surface area contributed by atoms with Gasteiger partial charge in [0.2, 0.25) is 0 Å². The Morgan fingerprint density at radius 3 is 2.45 bits per heavy atom. The second-order valence-electron chi connectivity index (χ2n) is 6.32. The number of para-hydroxylation sites is 1. The van der Waals surface area contributed by atoms with Crippen LogP contribution in [0.25, 0.3) is 10.2 Å². The Labute approximate surface area is 185 Å². The van der Waals surface area contributed by atoms with E-state index in [0.717, 1.165) is 4.70 Å². The van der Waals surface area contributed by atoms with Crippen LogP contribution < -0.4 is 14.8 Å². The normalized spacial score (nSPS) is 11.5. The quantitative estimate of drug-likeness (QED) is 0.390. The molecule has 1 amide bonds. The summed E-state index contributed by atoms with van der Waals surface area (Å²) in [6.07, 6.45) is 0.151. The van der Waals surface area contributed by atoms with Gasteiger partial charge in [-0.2, -0.15) is 0 Å². The number of methoxy groups -OCH3 is 1. The summed E-state index contributed by atoms with van der Waals surface area (Å²) >= 11 is 1.38. The van der Waals surface area contributed by atoms with Crippen LogP contribution in [0, 0.1) is 0 Å². The number of hydrogen-bond donors (Lipinski definition) is 1. The maximum absolute atomic E-state index is 12.6. The van der Waals surface area contributed by atoms with Gasteiger partial charge in [0.05, 0.1) is 37.8 Å². The minimum atomic E-state index is -3.14. The monoisotopic (exact) mass is 464 g/mol. The van der Waals surface area contributed by atoms with Crippen LogP contribution in [0.3, 0.4) is 0 Å². The van der Waals surface area contributed by atoms with Crippen molar-refractivity contribution in [3.8, 4) is 11.5 Å². The van der Waals surface area contributed by atoms with E-state index in [9.17, 15) is 9.36 Å². The van der Waals surface area contributed by atoms with E-state index in [-0.39, 0.29) is 18.7 Å². The molecule has 0 saturated carbocycles. The lowest BCUT2D eigenvalue weighted by Crippen LogP contribution is -2.12. The van der Waals surface area contributed by atoms with Crippen molar-refractivity contribution in [1.82, 2.24) is 4.98 Å². The Hall–Kier alpha value is -2.45. The molecule has 0 spiro atoms. The number of anilines is 1. The van der Waals surface area contributed by atoms with E-state index in [1.807, 2.05) is 18.2 Å².